The van der Waals surface area contributed by atoms with Gasteiger partial charge in [-0.05, 0) is 0 Å². The van der Waals surface area contributed by atoms with E-state index in [-0.39, 0.29) is 0 Å². The van der Waals surface area contributed by atoms with Gasteiger partial charge in [0.05, 0.1) is 0 Å². The van der Waals surface area contributed by atoms with Gasteiger partial charge in [0.25, 0.3) is 0 Å². The number of hydrogen-bond donors (Lipinski definition) is 0. The molecular weight excluding hydrogens is 180 g/mol. The van der Waals surface area contributed by atoms with Crippen LogP contribution in [0, 0.1) is 0 Å². The molecule has 0 aliphatic rings. The van der Waals surface area contributed by atoms with Crippen LogP contribution >= 0.6 is 0 Å². The molecule has 1 aromatic heterocycles. The predicted octanol–water partition coefficient (Wildman–Crippen LogP) is 0.254. The fraction of sp³-hybridized carbons (Fsp3) is 0. The van der Waals surface area contributed by atoms with Crippen LogP contribution in [0.1, 0.15) is 0 Å². The molecule has 1 rings (SSSR count). The van der Waals surface area contributed by atoms with Crippen molar-refractivity contribution in [2.24, 2.45) is 0 Å². The van der Waals surface area contributed by atoms with Gasteiger partial charge >= 0.3 is 52.7 Å². The Kier molecular flexibility index (Phi) is 1.56. The molecule has 7 heavy (non-hydrogen) atoms. The minimum atomic E-state index is 0.922. The van der Waals surface area contributed by atoms with Gasteiger partial charge in [0.15, 0.2) is 0 Å². The van der Waals surface area contributed by atoms with E-state index in [2.05, 4.69) is 24.2 Å². The van der Waals surface area contributed by atoms with E-state index in [4.69, 9.17) is 0 Å². The number of nitrogens with zero attached hydrogens (tertiary/aromatic N) is 1. The average Bonchev–Trinajstić information content (AvgIpc) is 1.69. The second kappa shape index (κ2) is 2.21. The Labute approximate surface area is 53.2 Å². The summed E-state index contributed by atoms with van der Waals surface area (Å²) in [5.41, 5.74) is 0. The summed E-state index contributed by atoms with van der Waals surface area (Å²) in [6, 6.07) is 5.73. The molecule has 1 heterocycles. The fourth-order valence-electron chi connectivity index (χ4n) is 0.331. The fourth-order valence-corrected chi connectivity index (χ4v) is 0.597. The minimum absolute atomic E-state index is 0.922. The molecule has 0 unspecified atom stereocenters. The zero-order valence-corrected chi connectivity index (χ0v) is 5.13. The topological polar surface area (TPSA) is 12.9 Å². The molecule has 0 amide bonds. The van der Waals surface area contributed by atoms with Gasteiger partial charge in [-0.15, -0.1) is 0 Å². The molecule has 0 aromatic carbocycles. The molecule has 2 heteroatoms. The van der Waals surface area contributed by atoms with Gasteiger partial charge in [0, 0.05) is 0 Å². The van der Waals surface area contributed by atoms with Crippen LogP contribution in [0.15, 0.2) is 24.4 Å². The van der Waals surface area contributed by atoms with Crippen molar-refractivity contribution in [3.63, 3.8) is 0 Å². The Morgan fingerprint density at radius 2 is 2.29 bits per heavy atom. The molecule has 1 nitrogen and oxygen atoms in total. The molecule has 0 aliphatic heterocycles. The number of rotatable bonds is 0. The van der Waals surface area contributed by atoms with E-state index in [1.807, 2.05) is 18.2 Å². The van der Waals surface area contributed by atoms with E-state index in [9.17, 15) is 0 Å². The van der Waals surface area contributed by atoms with Gasteiger partial charge < -0.3 is 0 Å². The Balaban J connectivity index is 3.02. The zero-order chi connectivity index (χ0) is 5.11. The van der Waals surface area contributed by atoms with E-state index >= 15 is 0 Å². The van der Waals surface area contributed by atoms with Crippen molar-refractivity contribution in [2.45, 2.75) is 0 Å². The van der Waals surface area contributed by atoms with Crippen molar-refractivity contribution in [2.75, 3.05) is 0 Å². The van der Waals surface area contributed by atoms with Crippen molar-refractivity contribution >= 4 is 4.17 Å². The van der Waals surface area contributed by atoms with Crippen LogP contribution in [0.4, 0.5) is 0 Å². The number of hydrogen-bond acceptors (Lipinski definition) is 1. The second-order valence-electron chi connectivity index (χ2n) is 1.12. The normalized spacial score (nSPS) is 8.86. The van der Waals surface area contributed by atoms with E-state index in [1.165, 1.54) is 0 Å². The van der Waals surface area contributed by atoms with Gasteiger partial charge in [0.1, 0.15) is 0 Å². The molecule has 0 saturated heterocycles. The van der Waals surface area contributed by atoms with Gasteiger partial charge in [-0.25, -0.2) is 0 Å². The molecule has 0 aliphatic carbocycles. The monoisotopic (exact) mass is 184 g/mol. The first-order valence-electron chi connectivity index (χ1n) is 1.93. The van der Waals surface area contributed by atoms with E-state index < -0.39 is 0 Å². The first kappa shape index (κ1) is 4.96. The van der Waals surface area contributed by atoms with Crippen LogP contribution in [0.25, 0.3) is 0 Å². The van der Waals surface area contributed by atoms with Crippen molar-refractivity contribution < 1.29 is 19.2 Å². The molecule has 0 spiro atoms. The number of pyridine rings is 1. The van der Waals surface area contributed by atoms with Gasteiger partial charge in [-0.1, -0.05) is 0 Å². The Bertz CT molecular complexity index is 138. The first-order chi connectivity index (χ1) is 3.39. The Morgan fingerprint density at radius 3 is 2.57 bits per heavy atom. The maximum atomic E-state index is 3.91. The molecule has 0 N–H and O–H groups in total. The molecule has 0 radical (unpaired) electrons. The quantitative estimate of drug-likeness (QED) is 0.527. The van der Waals surface area contributed by atoms with Crippen LogP contribution in [-0.2, 0) is 19.2 Å². The summed E-state index contributed by atoms with van der Waals surface area (Å²) in [5, 5.41) is 0. The van der Waals surface area contributed by atoms with Crippen molar-refractivity contribution in [3.8, 4) is 0 Å². The van der Waals surface area contributed by atoms with Crippen LogP contribution in [0.2, 0.25) is 0 Å². The van der Waals surface area contributed by atoms with Gasteiger partial charge in [0.2, 0.25) is 0 Å². The van der Waals surface area contributed by atoms with E-state index in [1.54, 1.807) is 6.20 Å². The predicted molar refractivity (Wildman–Crippen MR) is 23.9 cm³/mol. The van der Waals surface area contributed by atoms with Crippen LogP contribution < -0.4 is 4.17 Å². The molecule has 1 aromatic rings. The van der Waals surface area contributed by atoms with Crippen LogP contribution in [0.3, 0.4) is 0 Å². The third kappa shape index (κ3) is 1.38. The summed E-state index contributed by atoms with van der Waals surface area (Å²) < 4.78 is 0.922. The van der Waals surface area contributed by atoms with E-state index in [0.29, 0.717) is 0 Å². The Hall–Kier alpha value is -0.188. The summed E-state index contributed by atoms with van der Waals surface area (Å²) >= 11 is 2.95. The zero-order valence-electron chi connectivity index (χ0n) is 3.57. The first-order valence-corrected chi connectivity index (χ1v) is 2.71. The van der Waals surface area contributed by atoms with Crippen LogP contribution in [0.5, 0.6) is 0 Å². The van der Waals surface area contributed by atoms with Gasteiger partial charge in [-0.3, -0.25) is 0 Å². The van der Waals surface area contributed by atoms with Crippen LogP contribution in [-0.4, -0.2) is 4.98 Å². The van der Waals surface area contributed by atoms with Crippen molar-refractivity contribution in [3.05, 3.63) is 24.4 Å². The molecule has 0 atom stereocenters. The molecule has 0 saturated carbocycles. The summed E-state index contributed by atoms with van der Waals surface area (Å²) in [6.07, 6.45) is 1.75. The van der Waals surface area contributed by atoms with Crippen molar-refractivity contribution in [1.82, 2.24) is 4.98 Å². The average molecular weight is 185 g/mol. The summed E-state index contributed by atoms with van der Waals surface area (Å²) in [7, 11) is 0. The Morgan fingerprint density at radius 1 is 1.43 bits per heavy atom. The van der Waals surface area contributed by atoms with Gasteiger partial charge in [-0.2, -0.15) is 0 Å². The number of aromatic nitrogens is 1. The SMILES string of the molecule is [Pd][c]1ccccn1. The van der Waals surface area contributed by atoms with Crippen molar-refractivity contribution in [1.29, 1.82) is 0 Å². The summed E-state index contributed by atoms with van der Waals surface area (Å²) in [5.74, 6) is 0. The molecule has 0 bridgehead atoms. The summed E-state index contributed by atoms with van der Waals surface area (Å²) in [6.45, 7) is 0. The molecule has 39 valence electrons. The molecular formula is C5H4NPd. The summed E-state index contributed by atoms with van der Waals surface area (Å²) in [4.78, 5) is 3.91. The second-order valence-corrected chi connectivity index (χ2v) is 1.92. The molecule has 0 fully saturated rings. The third-order valence-corrected chi connectivity index (χ3v) is 1.07. The van der Waals surface area contributed by atoms with E-state index in [0.717, 1.165) is 4.17 Å². The standard InChI is InChI=1S/C5H4N.Pd/c1-2-4-6-5-3-1;/h1-4H;. The maximum absolute atomic E-state index is 3.91. The third-order valence-electron chi connectivity index (χ3n) is 0.611.